The van der Waals surface area contributed by atoms with Gasteiger partial charge >= 0.3 is 5.97 Å². The number of likely N-dealkylation sites (N-methyl/N-ethyl adjacent to an activating group) is 1. The number of carbonyl (C=O) groups excluding carboxylic acids is 1. The molecule has 1 amide bonds. The van der Waals surface area contributed by atoms with Crippen molar-refractivity contribution in [3.63, 3.8) is 0 Å². The Kier molecular flexibility index (Phi) is 6.35. The Labute approximate surface area is 152 Å². The molecular weight excluding hydrogens is 363 g/mol. The minimum absolute atomic E-state index is 0.103. The van der Waals surface area contributed by atoms with Crippen LogP contribution in [0.3, 0.4) is 0 Å². The second-order valence-electron chi connectivity index (χ2n) is 6.45. The Morgan fingerprint density at radius 1 is 1.19 bits per heavy atom. The fraction of sp³-hybridized carbons (Fsp3) is 0.529. The van der Waals surface area contributed by atoms with E-state index in [2.05, 4.69) is 4.72 Å². The molecule has 144 valence electrons. The van der Waals surface area contributed by atoms with E-state index in [0.717, 1.165) is 43.5 Å². The molecule has 1 aromatic carbocycles. The lowest BCUT2D eigenvalue weighted by molar-refractivity contribution is -0.160. The zero-order valence-electron chi connectivity index (χ0n) is 14.6. The Hall–Kier alpha value is -2.00. The summed E-state index contributed by atoms with van der Waals surface area (Å²) >= 11 is 0. The lowest BCUT2D eigenvalue weighted by Gasteiger charge is -2.41. The van der Waals surface area contributed by atoms with Crippen LogP contribution in [0.25, 0.3) is 0 Å². The van der Waals surface area contributed by atoms with E-state index in [4.69, 9.17) is 0 Å². The van der Waals surface area contributed by atoms with Crippen molar-refractivity contribution in [2.45, 2.75) is 49.0 Å². The Balaban J connectivity index is 1.97. The zero-order valence-corrected chi connectivity index (χ0v) is 15.4. The summed E-state index contributed by atoms with van der Waals surface area (Å²) in [5, 5.41) is 9.60. The summed E-state index contributed by atoms with van der Waals surface area (Å²) in [6.45, 7) is -0.168. The molecule has 0 bridgehead atoms. The maximum absolute atomic E-state index is 12.9. The van der Waals surface area contributed by atoms with Crippen molar-refractivity contribution in [1.82, 2.24) is 9.62 Å². The number of carboxylic acid groups (broad SMARTS) is 1. The number of rotatable bonds is 7. The Morgan fingerprint density at radius 3 is 2.31 bits per heavy atom. The summed E-state index contributed by atoms with van der Waals surface area (Å²) in [6.07, 6.45) is 3.04. The lowest BCUT2D eigenvalue weighted by atomic mass is 9.80. The minimum atomic E-state index is -3.86. The number of nitrogens with one attached hydrogen (secondary N) is 1. The van der Waals surface area contributed by atoms with Crippen LogP contribution in [0.1, 0.15) is 38.5 Å². The molecule has 2 N–H and O–H groups in total. The second kappa shape index (κ2) is 8.13. The van der Waals surface area contributed by atoms with E-state index in [-0.39, 0.29) is 17.9 Å². The summed E-state index contributed by atoms with van der Waals surface area (Å²) in [5.74, 6) is -2.01. The first-order valence-electron chi connectivity index (χ1n) is 8.44. The van der Waals surface area contributed by atoms with Crippen LogP contribution in [0.2, 0.25) is 0 Å². The molecule has 1 aliphatic rings. The molecule has 1 aromatic rings. The van der Waals surface area contributed by atoms with Crippen molar-refractivity contribution in [3.8, 4) is 0 Å². The van der Waals surface area contributed by atoms with Crippen LogP contribution in [0, 0.1) is 5.82 Å². The molecule has 7 nitrogen and oxygen atoms in total. The molecule has 0 radical (unpaired) electrons. The van der Waals surface area contributed by atoms with Crippen LogP contribution < -0.4 is 4.72 Å². The van der Waals surface area contributed by atoms with Gasteiger partial charge in [-0.1, -0.05) is 19.3 Å². The molecule has 1 saturated carbocycles. The lowest BCUT2D eigenvalue weighted by Crippen LogP contribution is -2.56. The third-order valence-corrected chi connectivity index (χ3v) is 6.33. The Bertz CT molecular complexity index is 758. The number of halogens is 1. The van der Waals surface area contributed by atoms with Crippen LogP contribution >= 0.6 is 0 Å². The average molecular weight is 386 g/mol. The van der Waals surface area contributed by atoms with Gasteiger partial charge in [-0.2, -0.15) is 0 Å². The van der Waals surface area contributed by atoms with Crippen molar-refractivity contribution in [1.29, 1.82) is 0 Å². The van der Waals surface area contributed by atoms with Gasteiger partial charge in [0.15, 0.2) is 0 Å². The fourth-order valence-electron chi connectivity index (χ4n) is 3.23. The van der Waals surface area contributed by atoms with E-state index in [1.165, 1.54) is 11.9 Å². The van der Waals surface area contributed by atoms with Gasteiger partial charge in [-0.25, -0.2) is 22.3 Å². The number of aliphatic carboxylic acids is 1. The number of hydrogen-bond donors (Lipinski definition) is 2. The minimum Gasteiger partial charge on any atom is -0.479 e. The molecule has 0 unspecified atom stereocenters. The molecule has 1 fully saturated rings. The van der Waals surface area contributed by atoms with Gasteiger partial charge in [0.05, 0.1) is 4.90 Å². The van der Waals surface area contributed by atoms with Gasteiger partial charge in [0.1, 0.15) is 11.4 Å². The maximum atomic E-state index is 12.9. The molecule has 0 atom stereocenters. The molecule has 9 heteroatoms. The molecule has 0 aromatic heterocycles. The van der Waals surface area contributed by atoms with Gasteiger partial charge in [-0.15, -0.1) is 0 Å². The Morgan fingerprint density at radius 2 is 1.77 bits per heavy atom. The highest BCUT2D eigenvalue weighted by Crippen LogP contribution is 2.33. The largest absolute Gasteiger partial charge is 0.479 e. The van der Waals surface area contributed by atoms with Crippen LogP contribution in [-0.2, 0) is 19.6 Å². The third kappa shape index (κ3) is 4.39. The number of nitrogens with zero attached hydrogens (tertiary/aromatic N) is 1. The number of benzene rings is 1. The predicted octanol–water partition coefficient (Wildman–Crippen LogP) is 1.74. The van der Waals surface area contributed by atoms with Gasteiger partial charge in [0.25, 0.3) is 0 Å². The van der Waals surface area contributed by atoms with Crippen molar-refractivity contribution in [3.05, 3.63) is 30.1 Å². The van der Waals surface area contributed by atoms with Crippen molar-refractivity contribution < 1.29 is 27.5 Å². The smallest absolute Gasteiger partial charge is 0.329 e. The normalized spacial score (nSPS) is 16.8. The number of sulfonamides is 1. The van der Waals surface area contributed by atoms with E-state index in [9.17, 15) is 27.5 Å². The topological polar surface area (TPSA) is 104 Å². The molecular formula is C17H23FN2O5S. The van der Waals surface area contributed by atoms with E-state index >= 15 is 0 Å². The molecule has 26 heavy (non-hydrogen) atoms. The van der Waals surface area contributed by atoms with E-state index in [0.29, 0.717) is 12.8 Å². The van der Waals surface area contributed by atoms with Crippen LogP contribution in [-0.4, -0.2) is 49.4 Å². The number of carboxylic acids is 1. The third-order valence-electron chi connectivity index (χ3n) is 4.85. The highest BCUT2D eigenvalue weighted by atomic mass is 32.2. The maximum Gasteiger partial charge on any atom is 0.329 e. The average Bonchev–Trinajstić information content (AvgIpc) is 2.61. The highest BCUT2D eigenvalue weighted by molar-refractivity contribution is 7.89. The SMILES string of the molecule is CN(C(=O)CCNS(=O)(=O)c1ccc(F)cc1)C1(C(=O)O)CCCCC1. The quantitative estimate of drug-likeness (QED) is 0.743. The van der Waals surface area contributed by atoms with Crippen LogP contribution in [0.5, 0.6) is 0 Å². The van der Waals surface area contributed by atoms with E-state index < -0.39 is 33.3 Å². The van der Waals surface area contributed by atoms with Gasteiger partial charge < -0.3 is 10.0 Å². The van der Waals surface area contributed by atoms with Gasteiger partial charge in [-0.05, 0) is 37.1 Å². The van der Waals surface area contributed by atoms with Crippen molar-refractivity contribution >= 4 is 21.9 Å². The number of hydrogen-bond acceptors (Lipinski definition) is 4. The monoisotopic (exact) mass is 386 g/mol. The summed E-state index contributed by atoms with van der Waals surface area (Å²) in [7, 11) is -2.40. The van der Waals surface area contributed by atoms with E-state index in [1.807, 2.05) is 0 Å². The fourth-order valence-corrected chi connectivity index (χ4v) is 4.26. The van der Waals surface area contributed by atoms with Gasteiger partial charge in [-0.3, -0.25) is 4.79 Å². The summed E-state index contributed by atoms with van der Waals surface area (Å²) in [5.41, 5.74) is -1.22. The van der Waals surface area contributed by atoms with E-state index in [1.54, 1.807) is 0 Å². The number of amides is 1. The van der Waals surface area contributed by atoms with Gasteiger partial charge in [0, 0.05) is 20.0 Å². The number of carbonyl (C=O) groups is 2. The van der Waals surface area contributed by atoms with Crippen molar-refractivity contribution in [2.75, 3.05) is 13.6 Å². The summed E-state index contributed by atoms with van der Waals surface area (Å²) in [6, 6.07) is 4.33. The molecule has 0 heterocycles. The first kappa shape index (κ1) is 20.3. The highest BCUT2D eigenvalue weighted by Gasteiger charge is 2.45. The summed E-state index contributed by atoms with van der Waals surface area (Å²) < 4.78 is 39.4. The molecule has 2 rings (SSSR count). The molecule has 1 aliphatic carbocycles. The first-order valence-corrected chi connectivity index (χ1v) is 9.93. The molecule has 0 aliphatic heterocycles. The standard InChI is InChI=1S/C17H23FN2O5S/c1-20(17(16(22)23)10-3-2-4-11-17)15(21)9-12-19-26(24,25)14-7-5-13(18)6-8-14/h5-8,19H,2-4,9-12H2,1H3,(H,22,23). The first-order chi connectivity index (χ1) is 12.2. The zero-order chi connectivity index (χ0) is 19.4. The molecule has 0 spiro atoms. The van der Waals surface area contributed by atoms with Crippen LogP contribution in [0.15, 0.2) is 29.2 Å². The van der Waals surface area contributed by atoms with Crippen LogP contribution in [0.4, 0.5) is 4.39 Å². The van der Waals surface area contributed by atoms with Crippen molar-refractivity contribution in [2.24, 2.45) is 0 Å². The molecule has 0 saturated heterocycles. The van der Waals surface area contributed by atoms with Gasteiger partial charge in [0.2, 0.25) is 15.9 Å². The predicted molar refractivity (Wildman–Crippen MR) is 92.4 cm³/mol. The summed E-state index contributed by atoms with van der Waals surface area (Å²) in [4.78, 5) is 25.3. The second-order valence-corrected chi connectivity index (χ2v) is 8.22.